The van der Waals surface area contributed by atoms with E-state index >= 15 is 0 Å². The number of aliphatic hydroxyl groups is 2. The fraction of sp³-hybridized carbons (Fsp3) is 0.933. The highest BCUT2D eigenvalue weighted by atomic mass is 16.5. The first-order valence-electron chi connectivity index (χ1n) is 7.67. The smallest absolute Gasteiger partial charge is 0.302 e. The molecule has 0 spiro atoms. The molecule has 23 heavy (non-hydrogen) atoms. The minimum Gasteiger partial charge on any atom is -0.469 e. The summed E-state index contributed by atoms with van der Waals surface area (Å²) < 4.78 is 24.0. The van der Waals surface area contributed by atoms with Crippen molar-refractivity contribution in [3.8, 4) is 0 Å². The summed E-state index contributed by atoms with van der Waals surface area (Å²) in [5, 5.41) is 16.7. The lowest BCUT2D eigenvalue weighted by molar-refractivity contribution is -0.137. The van der Waals surface area contributed by atoms with E-state index in [-0.39, 0.29) is 19.2 Å². The Labute approximate surface area is 139 Å². The van der Waals surface area contributed by atoms with Crippen LogP contribution in [0.2, 0.25) is 0 Å². The molecule has 0 aliphatic heterocycles. The molecule has 0 bridgehead atoms. The van der Waals surface area contributed by atoms with E-state index in [1.165, 1.54) is 14.0 Å². The van der Waals surface area contributed by atoms with Gasteiger partial charge in [-0.2, -0.15) is 0 Å². The highest BCUT2D eigenvalue weighted by Crippen LogP contribution is 1.80. The summed E-state index contributed by atoms with van der Waals surface area (Å²) in [6.07, 6.45) is 0. The van der Waals surface area contributed by atoms with Gasteiger partial charge in [-0.25, -0.2) is 0 Å². The van der Waals surface area contributed by atoms with E-state index in [4.69, 9.17) is 29.2 Å². The molecule has 0 aliphatic rings. The Morgan fingerprint density at radius 1 is 0.739 bits per heavy atom. The Kier molecular flexibility index (Phi) is 34.5. The second-order valence-electron chi connectivity index (χ2n) is 3.76. The second kappa shape index (κ2) is 29.3. The van der Waals surface area contributed by atoms with Crippen LogP contribution in [0.5, 0.6) is 0 Å². The zero-order valence-corrected chi connectivity index (χ0v) is 14.9. The van der Waals surface area contributed by atoms with Crippen LogP contribution in [-0.4, -0.2) is 89.4 Å². The maximum atomic E-state index is 9.59. The minimum absolute atomic E-state index is 0.0413. The van der Waals surface area contributed by atoms with E-state index in [0.29, 0.717) is 39.6 Å². The number of hydrogen-bond acceptors (Lipinski definition) is 8. The number of hydrogen-bond donors (Lipinski definition) is 2. The highest BCUT2D eigenvalue weighted by molar-refractivity contribution is 5.65. The van der Waals surface area contributed by atoms with Crippen molar-refractivity contribution in [2.24, 2.45) is 0 Å². The molecular formula is C15H34O8. The van der Waals surface area contributed by atoms with Gasteiger partial charge in [-0.3, -0.25) is 4.79 Å². The zero-order valence-electron chi connectivity index (χ0n) is 14.9. The molecule has 0 rings (SSSR count). The van der Waals surface area contributed by atoms with Gasteiger partial charge >= 0.3 is 5.97 Å². The summed E-state index contributed by atoms with van der Waals surface area (Å²) in [6.45, 7) is 9.79. The Morgan fingerprint density at radius 2 is 1.04 bits per heavy atom. The highest BCUT2D eigenvalue weighted by Gasteiger charge is 1.89. The standard InChI is InChI=1S/C8H18O5.C4H10O.C3H6O2/c9-1-3-11-5-7-13-8-6-12-4-2-10;1-3-5-4-2;1-3(4)5-2/h9-10H,1-8H2;3-4H2,1-2H3;1-2H3. The van der Waals surface area contributed by atoms with Crippen molar-refractivity contribution in [2.75, 3.05) is 73.2 Å². The quantitative estimate of drug-likeness (QED) is 0.384. The van der Waals surface area contributed by atoms with E-state index in [2.05, 4.69) is 4.74 Å². The van der Waals surface area contributed by atoms with Crippen molar-refractivity contribution in [2.45, 2.75) is 20.8 Å². The number of methoxy groups -OCH3 is 1. The molecule has 0 atom stereocenters. The first-order valence-corrected chi connectivity index (χ1v) is 7.67. The largest absolute Gasteiger partial charge is 0.469 e. The Balaban J connectivity index is -0.000000329. The number of carbonyl (C=O) groups is 1. The monoisotopic (exact) mass is 342 g/mol. The molecule has 8 nitrogen and oxygen atoms in total. The molecule has 0 amide bonds. The molecule has 0 aromatic rings. The summed E-state index contributed by atoms with van der Waals surface area (Å²) in [7, 11) is 1.35. The van der Waals surface area contributed by atoms with Crippen LogP contribution in [0.1, 0.15) is 20.8 Å². The van der Waals surface area contributed by atoms with Crippen LogP contribution in [0, 0.1) is 0 Å². The number of rotatable bonds is 12. The second-order valence-corrected chi connectivity index (χ2v) is 3.76. The van der Waals surface area contributed by atoms with Crippen molar-refractivity contribution in [1.82, 2.24) is 0 Å². The summed E-state index contributed by atoms with van der Waals surface area (Å²) in [5.74, 6) is -0.245. The van der Waals surface area contributed by atoms with Crippen molar-refractivity contribution >= 4 is 5.97 Å². The van der Waals surface area contributed by atoms with Gasteiger partial charge in [0.1, 0.15) is 0 Å². The van der Waals surface area contributed by atoms with Gasteiger partial charge in [0.2, 0.25) is 0 Å². The molecule has 0 saturated heterocycles. The molecule has 0 aliphatic carbocycles. The molecule has 0 unspecified atom stereocenters. The molecule has 2 N–H and O–H groups in total. The third-order valence-corrected chi connectivity index (χ3v) is 1.91. The zero-order chi connectivity index (χ0) is 18.2. The number of ether oxygens (including phenoxy) is 5. The average molecular weight is 342 g/mol. The lowest BCUT2D eigenvalue weighted by Crippen LogP contribution is -2.11. The van der Waals surface area contributed by atoms with Gasteiger partial charge < -0.3 is 33.9 Å². The van der Waals surface area contributed by atoms with Gasteiger partial charge in [0.05, 0.1) is 60.0 Å². The molecule has 0 radical (unpaired) electrons. The molecule has 142 valence electrons. The van der Waals surface area contributed by atoms with E-state index in [1.54, 1.807) is 0 Å². The third-order valence-electron chi connectivity index (χ3n) is 1.91. The Morgan fingerprint density at radius 3 is 1.22 bits per heavy atom. The fourth-order valence-electron chi connectivity index (χ4n) is 0.875. The summed E-state index contributed by atoms with van der Waals surface area (Å²) in [4.78, 5) is 9.59. The summed E-state index contributed by atoms with van der Waals surface area (Å²) >= 11 is 0. The van der Waals surface area contributed by atoms with Crippen molar-refractivity contribution in [3.05, 3.63) is 0 Å². The van der Waals surface area contributed by atoms with E-state index in [1.807, 2.05) is 13.8 Å². The molecule has 0 saturated carbocycles. The predicted molar refractivity (Wildman–Crippen MR) is 86.5 cm³/mol. The maximum Gasteiger partial charge on any atom is 0.302 e. The van der Waals surface area contributed by atoms with Crippen LogP contribution in [0.15, 0.2) is 0 Å². The minimum atomic E-state index is -0.245. The van der Waals surface area contributed by atoms with Gasteiger partial charge in [-0.15, -0.1) is 0 Å². The van der Waals surface area contributed by atoms with Gasteiger partial charge in [-0.1, -0.05) is 0 Å². The summed E-state index contributed by atoms with van der Waals surface area (Å²) in [5.41, 5.74) is 0. The van der Waals surface area contributed by atoms with E-state index < -0.39 is 0 Å². The van der Waals surface area contributed by atoms with Crippen LogP contribution < -0.4 is 0 Å². The third kappa shape index (κ3) is 44.9. The van der Waals surface area contributed by atoms with Crippen LogP contribution in [-0.2, 0) is 28.5 Å². The number of aliphatic hydroxyl groups excluding tert-OH is 2. The van der Waals surface area contributed by atoms with Gasteiger partial charge in [0, 0.05) is 20.1 Å². The Bertz CT molecular complexity index is 190. The molecular weight excluding hydrogens is 308 g/mol. The van der Waals surface area contributed by atoms with Crippen molar-refractivity contribution < 1.29 is 38.7 Å². The van der Waals surface area contributed by atoms with Gasteiger partial charge in [0.25, 0.3) is 0 Å². The topological polar surface area (TPSA) is 104 Å². The SMILES string of the molecule is CCOCC.COC(C)=O.OCCOCCOCCOCCO. The Hall–Kier alpha value is -0.770. The fourth-order valence-corrected chi connectivity index (χ4v) is 0.875. The number of carbonyl (C=O) groups excluding carboxylic acids is 1. The lowest BCUT2D eigenvalue weighted by atomic mass is 10.7. The normalized spacial score (nSPS) is 9.30. The van der Waals surface area contributed by atoms with Crippen LogP contribution in [0.25, 0.3) is 0 Å². The van der Waals surface area contributed by atoms with Crippen molar-refractivity contribution in [1.29, 1.82) is 0 Å². The molecule has 0 aromatic carbocycles. The maximum absolute atomic E-state index is 9.59. The average Bonchev–Trinajstić information content (AvgIpc) is 2.55. The van der Waals surface area contributed by atoms with Crippen molar-refractivity contribution in [3.63, 3.8) is 0 Å². The first-order chi connectivity index (χ1) is 11.1. The predicted octanol–water partition coefficient (Wildman–Crippen LogP) is 0.243. The van der Waals surface area contributed by atoms with Crippen LogP contribution in [0.3, 0.4) is 0 Å². The van der Waals surface area contributed by atoms with E-state index in [9.17, 15) is 4.79 Å². The molecule has 0 fully saturated rings. The van der Waals surface area contributed by atoms with E-state index in [0.717, 1.165) is 13.2 Å². The first kappa shape index (κ1) is 27.1. The van der Waals surface area contributed by atoms with Crippen LogP contribution >= 0.6 is 0 Å². The van der Waals surface area contributed by atoms with Crippen LogP contribution in [0.4, 0.5) is 0 Å². The molecule has 8 heteroatoms. The summed E-state index contributed by atoms with van der Waals surface area (Å²) in [6, 6.07) is 0. The van der Waals surface area contributed by atoms with Gasteiger partial charge in [-0.05, 0) is 13.8 Å². The molecule has 0 aromatic heterocycles. The van der Waals surface area contributed by atoms with Gasteiger partial charge in [0.15, 0.2) is 0 Å². The lowest BCUT2D eigenvalue weighted by Gasteiger charge is -2.04. The number of esters is 1. The molecule has 0 heterocycles.